The minimum absolute atomic E-state index is 0.101. The number of nitrogens with zero attached hydrogens (tertiary/aromatic N) is 2. The highest BCUT2D eigenvalue weighted by atomic mass is 35.5. The van der Waals surface area contributed by atoms with Gasteiger partial charge in [0.25, 0.3) is 0 Å². The Morgan fingerprint density at radius 3 is 2.74 bits per heavy atom. The number of fused-ring (bicyclic) bond motifs is 1. The second-order valence-corrected chi connectivity index (χ2v) is 5.19. The van der Waals surface area contributed by atoms with Gasteiger partial charge in [-0.05, 0) is 49.0 Å². The highest BCUT2D eigenvalue weighted by Gasteiger charge is 2.14. The molecule has 96 valence electrons. The van der Waals surface area contributed by atoms with Gasteiger partial charge in [-0.2, -0.15) is 0 Å². The lowest BCUT2D eigenvalue weighted by Crippen LogP contribution is -2.07. The first-order chi connectivity index (χ1) is 9.18. The van der Waals surface area contributed by atoms with Crippen molar-refractivity contribution in [2.75, 3.05) is 0 Å². The number of rotatable bonds is 2. The van der Waals surface area contributed by atoms with Crippen LogP contribution in [0.4, 0.5) is 0 Å². The maximum atomic E-state index is 6.31. The van der Waals surface area contributed by atoms with Crippen molar-refractivity contribution in [2.24, 2.45) is 0 Å². The quantitative estimate of drug-likeness (QED) is 0.711. The molecule has 1 N–H and O–H groups in total. The van der Waals surface area contributed by atoms with E-state index in [1.54, 1.807) is 12.4 Å². The summed E-state index contributed by atoms with van der Waals surface area (Å²) in [5, 5.41) is 0.700. The molecule has 3 aromatic rings. The molecular formula is C14H12ClN3S. The third-order valence-corrected chi connectivity index (χ3v) is 3.87. The molecule has 5 heteroatoms. The first-order valence-electron chi connectivity index (χ1n) is 5.97. The van der Waals surface area contributed by atoms with Gasteiger partial charge in [-0.3, -0.25) is 4.98 Å². The van der Waals surface area contributed by atoms with Crippen LogP contribution in [0.5, 0.6) is 0 Å². The van der Waals surface area contributed by atoms with Crippen molar-refractivity contribution in [3.05, 3.63) is 58.1 Å². The van der Waals surface area contributed by atoms with Gasteiger partial charge in [-0.15, -0.1) is 0 Å². The van der Waals surface area contributed by atoms with Gasteiger partial charge in [0.1, 0.15) is 0 Å². The van der Waals surface area contributed by atoms with Crippen molar-refractivity contribution in [3.63, 3.8) is 0 Å². The molecule has 19 heavy (non-hydrogen) atoms. The fraction of sp³-hybridized carbons (Fsp3) is 0.143. The Kier molecular flexibility index (Phi) is 3.12. The van der Waals surface area contributed by atoms with Crippen LogP contribution in [0.3, 0.4) is 0 Å². The first kappa shape index (κ1) is 12.4. The molecule has 1 atom stereocenters. The van der Waals surface area contributed by atoms with Crippen LogP contribution in [0.25, 0.3) is 11.0 Å². The predicted octanol–water partition coefficient (Wildman–Crippen LogP) is 4.36. The molecule has 0 saturated carbocycles. The topological polar surface area (TPSA) is 33.6 Å². The molecule has 3 nitrogen and oxygen atoms in total. The van der Waals surface area contributed by atoms with E-state index in [1.165, 1.54) is 0 Å². The number of benzene rings is 1. The average molecular weight is 290 g/mol. The van der Waals surface area contributed by atoms with Crippen LogP contribution in [0, 0.1) is 4.77 Å². The van der Waals surface area contributed by atoms with Gasteiger partial charge >= 0.3 is 0 Å². The zero-order valence-electron chi connectivity index (χ0n) is 10.3. The van der Waals surface area contributed by atoms with Crippen LogP contribution in [-0.2, 0) is 0 Å². The van der Waals surface area contributed by atoms with Crippen molar-refractivity contribution in [1.82, 2.24) is 14.5 Å². The smallest absolute Gasteiger partial charge is 0.178 e. The number of pyridine rings is 1. The lowest BCUT2D eigenvalue weighted by atomic mass is 10.1. The van der Waals surface area contributed by atoms with Crippen LogP contribution in [0.1, 0.15) is 18.5 Å². The van der Waals surface area contributed by atoms with Gasteiger partial charge < -0.3 is 9.55 Å². The van der Waals surface area contributed by atoms with Gasteiger partial charge in [-0.1, -0.05) is 17.7 Å². The highest BCUT2D eigenvalue weighted by Crippen LogP contribution is 2.28. The van der Waals surface area contributed by atoms with E-state index in [9.17, 15) is 0 Å². The van der Waals surface area contributed by atoms with E-state index in [0.29, 0.717) is 9.79 Å². The second kappa shape index (κ2) is 4.79. The molecule has 0 aliphatic rings. The predicted molar refractivity (Wildman–Crippen MR) is 80.2 cm³/mol. The largest absolute Gasteiger partial charge is 0.331 e. The number of halogens is 1. The molecule has 0 aliphatic carbocycles. The van der Waals surface area contributed by atoms with Gasteiger partial charge in [0.15, 0.2) is 4.77 Å². The Bertz CT molecular complexity index is 776. The molecule has 0 bridgehead atoms. The van der Waals surface area contributed by atoms with E-state index in [0.717, 1.165) is 16.6 Å². The molecule has 0 spiro atoms. The fourth-order valence-corrected chi connectivity index (χ4v) is 2.92. The van der Waals surface area contributed by atoms with E-state index in [4.69, 9.17) is 23.8 Å². The Morgan fingerprint density at radius 1 is 1.26 bits per heavy atom. The fourth-order valence-electron chi connectivity index (χ4n) is 2.30. The van der Waals surface area contributed by atoms with Crippen molar-refractivity contribution in [2.45, 2.75) is 13.0 Å². The van der Waals surface area contributed by atoms with Gasteiger partial charge in [-0.25, -0.2) is 0 Å². The molecule has 3 rings (SSSR count). The average Bonchev–Trinajstić information content (AvgIpc) is 2.76. The van der Waals surface area contributed by atoms with Gasteiger partial charge in [0, 0.05) is 12.4 Å². The van der Waals surface area contributed by atoms with Gasteiger partial charge in [0.05, 0.1) is 22.1 Å². The molecule has 0 amide bonds. The molecule has 2 heterocycles. The molecular weight excluding hydrogens is 278 g/mol. The molecule has 0 radical (unpaired) electrons. The zero-order valence-corrected chi connectivity index (χ0v) is 11.9. The van der Waals surface area contributed by atoms with E-state index < -0.39 is 0 Å². The van der Waals surface area contributed by atoms with Crippen LogP contribution in [-0.4, -0.2) is 14.5 Å². The number of para-hydroxylation sites is 1. The Hall–Kier alpha value is -1.65. The lowest BCUT2D eigenvalue weighted by Gasteiger charge is -2.15. The first-order valence-corrected chi connectivity index (χ1v) is 6.76. The SMILES string of the molecule is CC(c1ccncc1)n1c(=S)[nH]c2cccc(Cl)c21. The normalized spacial score (nSPS) is 12.7. The van der Waals surface area contributed by atoms with Crippen LogP contribution < -0.4 is 0 Å². The molecule has 2 aromatic heterocycles. The standard InChI is InChI=1S/C14H12ClN3S/c1-9(10-5-7-16-8-6-10)18-13-11(15)3-2-4-12(13)17-14(18)19/h2-9H,1H3,(H,17,19). The molecule has 1 unspecified atom stereocenters. The van der Waals surface area contributed by atoms with E-state index in [2.05, 4.69) is 16.9 Å². The number of aromatic amines is 1. The molecule has 0 fully saturated rings. The number of imidazole rings is 1. The zero-order chi connectivity index (χ0) is 13.4. The summed E-state index contributed by atoms with van der Waals surface area (Å²) in [7, 11) is 0. The van der Waals surface area contributed by atoms with Gasteiger partial charge in [0.2, 0.25) is 0 Å². The summed E-state index contributed by atoms with van der Waals surface area (Å²) in [4.78, 5) is 7.24. The summed E-state index contributed by atoms with van der Waals surface area (Å²) in [6, 6.07) is 9.85. The lowest BCUT2D eigenvalue weighted by molar-refractivity contribution is 0.648. The van der Waals surface area contributed by atoms with Crippen LogP contribution in [0.15, 0.2) is 42.7 Å². The van der Waals surface area contributed by atoms with E-state index in [1.807, 2.05) is 34.9 Å². The number of hydrogen-bond acceptors (Lipinski definition) is 2. The highest BCUT2D eigenvalue weighted by molar-refractivity contribution is 7.71. The Balaban J connectivity index is 2.26. The number of H-pyrrole nitrogens is 1. The molecule has 0 aliphatic heterocycles. The third-order valence-electron chi connectivity index (χ3n) is 3.26. The van der Waals surface area contributed by atoms with Crippen molar-refractivity contribution in [3.8, 4) is 0 Å². The van der Waals surface area contributed by atoms with Crippen molar-refractivity contribution < 1.29 is 0 Å². The van der Waals surface area contributed by atoms with E-state index >= 15 is 0 Å². The number of hydrogen-bond donors (Lipinski definition) is 1. The summed E-state index contributed by atoms with van der Waals surface area (Å²) in [6.07, 6.45) is 3.57. The molecule has 1 aromatic carbocycles. The van der Waals surface area contributed by atoms with E-state index in [-0.39, 0.29) is 6.04 Å². The second-order valence-electron chi connectivity index (χ2n) is 4.39. The van der Waals surface area contributed by atoms with Crippen LogP contribution in [0.2, 0.25) is 5.02 Å². The minimum atomic E-state index is 0.101. The Morgan fingerprint density at radius 2 is 2.00 bits per heavy atom. The maximum absolute atomic E-state index is 6.31. The summed E-state index contributed by atoms with van der Waals surface area (Å²) in [5.41, 5.74) is 3.05. The number of aromatic nitrogens is 3. The maximum Gasteiger partial charge on any atom is 0.178 e. The third kappa shape index (κ3) is 2.07. The molecule has 0 saturated heterocycles. The van der Waals surface area contributed by atoms with Crippen LogP contribution >= 0.6 is 23.8 Å². The summed E-state index contributed by atoms with van der Waals surface area (Å²) in [5.74, 6) is 0. The minimum Gasteiger partial charge on any atom is -0.331 e. The van der Waals surface area contributed by atoms with Crippen molar-refractivity contribution >= 4 is 34.9 Å². The Labute approximate surface area is 120 Å². The van der Waals surface area contributed by atoms with Crippen molar-refractivity contribution in [1.29, 1.82) is 0 Å². The summed E-state index contributed by atoms with van der Waals surface area (Å²) in [6.45, 7) is 2.10. The number of nitrogens with one attached hydrogen (secondary N) is 1. The summed E-state index contributed by atoms with van der Waals surface area (Å²) < 4.78 is 2.72. The monoisotopic (exact) mass is 289 g/mol. The summed E-state index contributed by atoms with van der Waals surface area (Å²) >= 11 is 11.7.